The molecule has 0 atom stereocenters. The second-order valence-corrected chi connectivity index (χ2v) is 6.13. The van der Waals surface area contributed by atoms with E-state index in [1.54, 1.807) is 7.11 Å². The van der Waals surface area contributed by atoms with Crippen molar-refractivity contribution in [3.05, 3.63) is 66.7 Å². The van der Waals surface area contributed by atoms with Crippen molar-refractivity contribution in [3.8, 4) is 22.8 Å². The lowest BCUT2D eigenvalue weighted by molar-refractivity contribution is 0.328. The minimum absolute atomic E-state index is 0.488. The topological polar surface area (TPSA) is 86.7 Å². The van der Waals surface area contributed by atoms with E-state index in [4.69, 9.17) is 15.2 Å². The Balaban J connectivity index is 0.00000124. The summed E-state index contributed by atoms with van der Waals surface area (Å²) < 4.78 is 12.5. The molecule has 0 saturated heterocycles. The summed E-state index contributed by atoms with van der Waals surface area (Å²) in [6.45, 7) is 4.98. The van der Waals surface area contributed by atoms with Crippen LogP contribution in [-0.2, 0) is 0 Å². The third-order valence-electron chi connectivity index (χ3n) is 4.24. The van der Waals surface area contributed by atoms with Gasteiger partial charge in [-0.05, 0) is 60.7 Å². The van der Waals surface area contributed by atoms with E-state index >= 15 is 0 Å². The largest absolute Gasteiger partial charge is 0.497 e. The SMILES string of the molecule is CC.COc1ccc(-c2cccc3nc(Nc4ccc(OCCN)cc4)nn23)cc1. The fourth-order valence-electron chi connectivity index (χ4n) is 2.88. The van der Waals surface area contributed by atoms with Gasteiger partial charge in [0, 0.05) is 17.8 Å². The molecule has 0 aliphatic carbocycles. The molecule has 7 heteroatoms. The second-order valence-electron chi connectivity index (χ2n) is 6.13. The standard InChI is InChI=1S/C21H21N5O2.C2H6/c1-27-17-9-5-15(6-10-17)19-3-2-4-20-24-21(25-26(19)20)23-16-7-11-18(12-8-16)28-14-13-22;1-2/h2-12H,13-14,22H2,1H3,(H,23,25);1-2H3. The van der Waals surface area contributed by atoms with E-state index in [1.165, 1.54) is 0 Å². The number of nitrogens with one attached hydrogen (secondary N) is 1. The van der Waals surface area contributed by atoms with Gasteiger partial charge < -0.3 is 20.5 Å². The molecule has 156 valence electrons. The summed E-state index contributed by atoms with van der Waals surface area (Å²) in [6.07, 6.45) is 0. The summed E-state index contributed by atoms with van der Waals surface area (Å²) in [7, 11) is 1.65. The fourth-order valence-corrected chi connectivity index (χ4v) is 2.88. The van der Waals surface area contributed by atoms with Crippen molar-refractivity contribution < 1.29 is 9.47 Å². The van der Waals surface area contributed by atoms with Crippen molar-refractivity contribution in [1.82, 2.24) is 14.6 Å². The molecule has 0 unspecified atom stereocenters. The molecule has 0 spiro atoms. The molecule has 4 aromatic rings. The number of hydrogen-bond acceptors (Lipinski definition) is 6. The zero-order chi connectivity index (χ0) is 21.3. The lowest BCUT2D eigenvalue weighted by atomic mass is 10.1. The highest BCUT2D eigenvalue weighted by atomic mass is 16.5. The number of methoxy groups -OCH3 is 1. The van der Waals surface area contributed by atoms with E-state index in [-0.39, 0.29) is 0 Å². The van der Waals surface area contributed by atoms with Gasteiger partial charge in [-0.15, -0.1) is 5.10 Å². The molecule has 3 N–H and O–H groups in total. The number of fused-ring (bicyclic) bond motifs is 1. The van der Waals surface area contributed by atoms with E-state index in [0.29, 0.717) is 19.1 Å². The van der Waals surface area contributed by atoms with Crippen LogP contribution in [0.25, 0.3) is 16.9 Å². The molecule has 0 fully saturated rings. The Kier molecular flexibility index (Phi) is 7.24. The maximum absolute atomic E-state index is 5.49. The molecular formula is C23H27N5O2. The van der Waals surface area contributed by atoms with Crippen LogP contribution in [0.5, 0.6) is 11.5 Å². The number of rotatable bonds is 7. The molecule has 30 heavy (non-hydrogen) atoms. The van der Waals surface area contributed by atoms with Gasteiger partial charge in [0.25, 0.3) is 0 Å². The highest BCUT2D eigenvalue weighted by Crippen LogP contribution is 2.24. The third-order valence-corrected chi connectivity index (χ3v) is 4.24. The summed E-state index contributed by atoms with van der Waals surface area (Å²) in [5, 5.41) is 7.84. The van der Waals surface area contributed by atoms with Gasteiger partial charge in [0.1, 0.15) is 18.1 Å². The van der Waals surface area contributed by atoms with E-state index in [2.05, 4.69) is 15.4 Å². The summed E-state index contributed by atoms with van der Waals surface area (Å²) in [4.78, 5) is 4.57. The predicted molar refractivity (Wildman–Crippen MR) is 121 cm³/mol. The zero-order valence-corrected chi connectivity index (χ0v) is 17.5. The molecule has 2 aromatic carbocycles. The maximum atomic E-state index is 5.49. The molecule has 0 aliphatic rings. The molecule has 2 heterocycles. The Hall–Kier alpha value is -3.58. The Morgan fingerprint density at radius 1 is 0.933 bits per heavy atom. The van der Waals surface area contributed by atoms with Crippen LogP contribution in [0, 0.1) is 0 Å². The number of nitrogens with two attached hydrogens (primary N) is 1. The van der Waals surface area contributed by atoms with E-state index in [9.17, 15) is 0 Å². The molecule has 4 rings (SSSR count). The van der Waals surface area contributed by atoms with Crippen molar-refractivity contribution >= 4 is 17.3 Å². The summed E-state index contributed by atoms with van der Waals surface area (Å²) in [6, 6.07) is 21.4. The van der Waals surface area contributed by atoms with Crippen LogP contribution in [0.3, 0.4) is 0 Å². The average Bonchev–Trinajstić information content (AvgIpc) is 3.22. The molecular weight excluding hydrogens is 378 g/mol. The Morgan fingerprint density at radius 2 is 1.63 bits per heavy atom. The van der Waals surface area contributed by atoms with Crippen molar-refractivity contribution in [3.63, 3.8) is 0 Å². The molecule has 2 aromatic heterocycles. The number of nitrogens with zero attached hydrogens (tertiary/aromatic N) is 3. The van der Waals surface area contributed by atoms with Gasteiger partial charge >= 0.3 is 0 Å². The van der Waals surface area contributed by atoms with E-state index in [1.807, 2.05) is 85.1 Å². The lowest BCUT2D eigenvalue weighted by Crippen LogP contribution is -2.10. The van der Waals surface area contributed by atoms with Crippen molar-refractivity contribution in [2.45, 2.75) is 13.8 Å². The molecule has 0 aliphatic heterocycles. The number of ether oxygens (including phenoxy) is 2. The van der Waals surface area contributed by atoms with Crippen molar-refractivity contribution in [2.75, 3.05) is 25.6 Å². The first-order chi connectivity index (χ1) is 14.8. The number of aromatic nitrogens is 3. The van der Waals surface area contributed by atoms with E-state index < -0.39 is 0 Å². The second kappa shape index (κ2) is 10.3. The predicted octanol–water partition coefficient (Wildman–Crippen LogP) is 4.51. The number of hydrogen-bond donors (Lipinski definition) is 2. The molecule has 0 bridgehead atoms. The minimum Gasteiger partial charge on any atom is -0.497 e. The third kappa shape index (κ3) is 4.87. The first-order valence-corrected chi connectivity index (χ1v) is 9.97. The average molecular weight is 406 g/mol. The monoisotopic (exact) mass is 405 g/mol. The first kappa shape index (κ1) is 21.1. The highest BCUT2D eigenvalue weighted by molar-refractivity contribution is 5.65. The van der Waals surface area contributed by atoms with Crippen LogP contribution in [0.2, 0.25) is 0 Å². The molecule has 0 amide bonds. The zero-order valence-electron chi connectivity index (χ0n) is 17.5. The Morgan fingerprint density at radius 3 is 2.30 bits per heavy atom. The Labute approximate surface area is 176 Å². The summed E-state index contributed by atoms with van der Waals surface area (Å²) >= 11 is 0. The van der Waals surface area contributed by atoms with Crippen LogP contribution < -0.4 is 20.5 Å². The minimum atomic E-state index is 0.488. The smallest absolute Gasteiger partial charge is 0.247 e. The van der Waals surface area contributed by atoms with Gasteiger partial charge in [-0.2, -0.15) is 4.98 Å². The van der Waals surface area contributed by atoms with Gasteiger partial charge in [0.2, 0.25) is 5.95 Å². The quantitative estimate of drug-likeness (QED) is 0.470. The van der Waals surface area contributed by atoms with Gasteiger partial charge in [0.15, 0.2) is 5.65 Å². The van der Waals surface area contributed by atoms with Crippen molar-refractivity contribution in [2.24, 2.45) is 5.73 Å². The van der Waals surface area contributed by atoms with Crippen LogP contribution in [0.4, 0.5) is 11.6 Å². The van der Waals surface area contributed by atoms with Crippen molar-refractivity contribution in [1.29, 1.82) is 0 Å². The van der Waals surface area contributed by atoms with Gasteiger partial charge in [-0.3, -0.25) is 0 Å². The summed E-state index contributed by atoms with van der Waals surface area (Å²) in [5.74, 6) is 2.12. The molecule has 0 radical (unpaired) electrons. The van der Waals surface area contributed by atoms with Crippen LogP contribution in [0.1, 0.15) is 13.8 Å². The molecule has 0 saturated carbocycles. The number of benzene rings is 2. The van der Waals surface area contributed by atoms with Gasteiger partial charge in [-0.25, -0.2) is 4.52 Å². The first-order valence-electron chi connectivity index (χ1n) is 9.97. The number of anilines is 2. The summed E-state index contributed by atoms with van der Waals surface area (Å²) in [5.41, 5.74) is 9.07. The number of pyridine rings is 1. The van der Waals surface area contributed by atoms with Gasteiger partial charge in [0.05, 0.1) is 12.8 Å². The normalized spacial score (nSPS) is 10.3. The highest BCUT2D eigenvalue weighted by Gasteiger charge is 2.09. The van der Waals surface area contributed by atoms with Crippen LogP contribution in [-0.4, -0.2) is 34.9 Å². The molecule has 7 nitrogen and oxygen atoms in total. The van der Waals surface area contributed by atoms with E-state index in [0.717, 1.165) is 34.1 Å². The van der Waals surface area contributed by atoms with Crippen LogP contribution >= 0.6 is 0 Å². The Bertz CT molecular complexity index is 1060. The lowest BCUT2D eigenvalue weighted by Gasteiger charge is -2.06. The van der Waals surface area contributed by atoms with Gasteiger partial charge in [-0.1, -0.05) is 19.9 Å². The van der Waals surface area contributed by atoms with Crippen LogP contribution in [0.15, 0.2) is 66.7 Å². The maximum Gasteiger partial charge on any atom is 0.247 e. The fraction of sp³-hybridized carbons (Fsp3) is 0.217.